The molecule has 0 spiro atoms. The van der Waals surface area contributed by atoms with Crippen molar-refractivity contribution in [2.24, 2.45) is 4.99 Å². The first-order valence-electron chi connectivity index (χ1n) is 9.51. The Labute approximate surface area is 167 Å². The van der Waals surface area contributed by atoms with Crippen LogP contribution in [0, 0.1) is 12.7 Å². The fraction of sp³-hybridized carbons (Fsp3) is 0.381. The van der Waals surface area contributed by atoms with Crippen molar-refractivity contribution in [3.05, 3.63) is 63.0 Å². The van der Waals surface area contributed by atoms with E-state index in [2.05, 4.69) is 9.88 Å². The van der Waals surface area contributed by atoms with Crippen LogP contribution in [0.15, 0.2) is 46.0 Å². The van der Waals surface area contributed by atoms with Gasteiger partial charge in [0.25, 0.3) is 0 Å². The highest BCUT2D eigenvalue weighted by atomic mass is 32.1. The molecule has 2 aliphatic heterocycles. The number of allylic oxidation sites excluding steroid dienone is 1. The monoisotopic (exact) mass is 399 g/mol. The van der Waals surface area contributed by atoms with Crippen LogP contribution < -0.4 is 0 Å². The van der Waals surface area contributed by atoms with E-state index in [1.807, 2.05) is 12.3 Å². The maximum Gasteiger partial charge on any atom is 0.338 e. The van der Waals surface area contributed by atoms with Crippen LogP contribution in [0.2, 0.25) is 0 Å². The highest BCUT2D eigenvalue weighted by molar-refractivity contribution is 7.11. The minimum absolute atomic E-state index is 0.299. The number of thiazole rings is 1. The fourth-order valence-electron chi connectivity index (χ4n) is 3.87. The van der Waals surface area contributed by atoms with E-state index < -0.39 is 6.04 Å². The molecular weight excluding hydrogens is 377 g/mol. The van der Waals surface area contributed by atoms with E-state index in [0.717, 1.165) is 53.5 Å². The molecule has 0 aliphatic carbocycles. The van der Waals surface area contributed by atoms with Crippen LogP contribution in [0.5, 0.6) is 0 Å². The summed E-state index contributed by atoms with van der Waals surface area (Å²) in [6, 6.07) is 4.09. The summed E-state index contributed by atoms with van der Waals surface area (Å²) in [7, 11) is 0. The van der Waals surface area contributed by atoms with Crippen molar-refractivity contribution >= 4 is 23.1 Å². The molecule has 7 heteroatoms. The molecule has 0 bridgehead atoms. The van der Waals surface area contributed by atoms with Crippen molar-refractivity contribution in [2.75, 3.05) is 13.2 Å². The number of fused-ring (bicyclic) bond motifs is 1. The normalized spacial score (nSPS) is 19.3. The number of aromatic nitrogens is 1. The van der Waals surface area contributed by atoms with Gasteiger partial charge in [-0.3, -0.25) is 4.99 Å². The third-order valence-electron chi connectivity index (χ3n) is 5.11. The molecule has 5 nitrogen and oxygen atoms in total. The Bertz CT molecular complexity index is 953. The van der Waals surface area contributed by atoms with Gasteiger partial charge in [-0.05, 0) is 56.4 Å². The van der Waals surface area contributed by atoms with Crippen molar-refractivity contribution in [3.8, 4) is 0 Å². The van der Waals surface area contributed by atoms with Crippen molar-refractivity contribution in [1.29, 1.82) is 0 Å². The van der Waals surface area contributed by atoms with Gasteiger partial charge in [0.05, 0.1) is 12.2 Å². The second-order valence-corrected chi connectivity index (χ2v) is 7.78. The predicted molar refractivity (Wildman–Crippen MR) is 107 cm³/mol. The first-order chi connectivity index (χ1) is 13.6. The fourth-order valence-corrected chi connectivity index (χ4v) is 4.51. The van der Waals surface area contributed by atoms with Crippen molar-refractivity contribution < 1.29 is 13.9 Å². The molecule has 1 saturated heterocycles. The predicted octanol–water partition coefficient (Wildman–Crippen LogP) is 4.40. The van der Waals surface area contributed by atoms with E-state index >= 15 is 0 Å². The summed E-state index contributed by atoms with van der Waals surface area (Å²) < 4.78 is 19.1. The number of nitrogens with zero attached hydrogens (tertiary/aromatic N) is 3. The highest BCUT2D eigenvalue weighted by Crippen LogP contribution is 2.40. The molecule has 0 N–H and O–H groups in total. The summed E-state index contributed by atoms with van der Waals surface area (Å²) >= 11 is 1.53. The summed E-state index contributed by atoms with van der Waals surface area (Å²) in [5.74, 6) is 0.136. The summed E-state index contributed by atoms with van der Waals surface area (Å²) in [6.07, 6.45) is 4.59. The van der Waals surface area contributed by atoms with E-state index in [-0.39, 0.29) is 11.8 Å². The average Bonchev–Trinajstić information content (AvgIpc) is 3.21. The number of hydrogen-bond acceptors (Lipinski definition) is 6. The zero-order chi connectivity index (χ0) is 19.7. The molecule has 1 fully saturated rings. The first kappa shape index (κ1) is 18.8. The number of esters is 1. The molecule has 0 radical (unpaired) electrons. The molecule has 28 heavy (non-hydrogen) atoms. The Morgan fingerprint density at radius 3 is 2.96 bits per heavy atom. The Morgan fingerprint density at radius 1 is 1.39 bits per heavy atom. The molecule has 146 valence electrons. The van der Waals surface area contributed by atoms with Gasteiger partial charge in [0.2, 0.25) is 0 Å². The van der Waals surface area contributed by atoms with Crippen LogP contribution in [0.1, 0.15) is 48.4 Å². The number of hydrogen-bond donors (Lipinski definition) is 0. The van der Waals surface area contributed by atoms with Crippen LogP contribution in [-0.2, 0) is 9.53 Å². The van der Waals surface area contributed by atoms with Gasteiger partial charge in [0, 0.05) is 23.8 Å². The van der Waals surface area contributed by atoms with Gasteiger partial charge < -0.3 is 9.64 Å². The largest absolute Gasteiger partial charge is 0.463 e. The van der Waals surface area contributed by atoms with Gasteiger partial charge in [0.1, 0.15) is 11.9 Å². The topological polar surface area (TPSA) is 54.8 Å². The number of amidine groups is 1. The van der Waals surface area contributed by atoms with Crippen LogP contribution >= 0.6 is 11.3 Å². The minimum Gasteiger partial charge on any atom is -0.463 e. The van der Waals surface area contributed by atoms with Gasteiger partial charge in [-0.25, -0.2) is 14.2 Å². The SMILES string of the molecule is CCOC(=O)C1=C2CCCCN2C(c2nccs2)=NC1c1ccc(F)cc1C. The number of aliphatic imine (C=N–C) groups is 1. The van der Waals surface area contributed by atoms with E-state index in [1.165, 1.54) is 23.5 Å². The lowest BCUT2D eigenvalue weighted by Crippen LogP contribution is -2.40. The standard InChI is InChI=1S/C21H22FN3O2S/c1-3-27-21(26)17-16-6-4-5-10-25(16)19(20-23-9-11-28-20)24-18(17)15-8-7-14(22)12-13(15)2/h7-9,11-12,18H,3-6,10H2,1-2H3. The Balaban J connectivity index is 1.90. The van der Waals surface area contributed by atoms with E-state index in [9.17, 15) is 9.18 Å². The lowest BCUT2D eigenvalue weighted by atomic mass is 9.89. The van der Waals surface area contributed by atoms with Gasteiger partial charge >= 0.3 is 5.97 Å². The van der Waals surface area contributed by atoms with E-state index in [0.29, 0.717) is 12.2 Å². The van der Waals surface area contributed by atoms with Gasteiger partial charge in [0.15, 0.2) is 10.8 Å². The lowest BCUT2D eigenvalue weighted by molar-refractivity contribution is -0.139. The van der Waals surface area contributed by atoms with Crippen LogP contribution in [0.25, 0.3) is 0 Å². The summed E-state index contributed by atoms with van der Waals surface area (Å²) in [4.78, 5) is 24.5. The number of rotatable bonds is 4. The van der Waals surface area contributed by atoms with Crippen molar-refractivity contribution in [3.63, 3.8) is 0 Å². The number of halogens is 1. The molecule has 2 aromatic rings. The molecule has 1 aromatic carbocycles. The van der Waals surface area contributed by atoms with Crippen molar-refractivity contribution in [1.82, 2.24) is 9.88 Å². The van der Waals surface area contributed by atoms with E-state index in [1.54, 1.807) is 19.2 Å². The van der Waals surface area contributed by atoms with Gasteiger partial charge in [-0.1, -0.05) is 6.07 Å². The number of carbonyl (C=O) groups excluding carboxylic acids is 1. The molecule has 2 aliphatic rings. The number of benzene rings is 1. The number of piperidine rings is 1. The molecule has 1 aromatic heterocycles. The molecule has 1 unspecified atom stereocenters. The summed E-state index contributed by atoms with van der Waals surface area (Å²) in [5.41, 5.74) is 3.10. The van der Waals surface area contributed by atoms with E-state index in [4.69, 9.17) is 9.73 Å². The number of carbonyl (C=O) groups is 1. The van der Waals surface area contributed by atoms with Gasteiger partial charge in [-0.15, -0.1) is 11.3 Å². The molecule has 1 atom stereocenters. The zero-order valence-electron chi connectivity index (χ0n) is 15.9. The quantitative estimate of drug-likeness (QED) is 0.716. The van der Waals surface area contributed by atoms with Crippen LogP contribution in [0.4, 0.5) is 4.39 Å². The maximum atomic E-state index is 13.7. The third-order valence-corrected chi connectivity index (χ3v) is 5.88. The maximum absolute atomic E-state index is 13.7. The summed E-state index contributed by atoms with van der Waals surface area (Å²) in [6.45, 7) is 4.74. The van der Waals surface area contributed by atoms with Crippen molar-refractivity contribution in [2.45, 2.75) is 39.2 Å². The number of aryl methyl sites for hydroxylation is 1. The number of ether oxygens (including phenoxy) is 1. The average molecular weight is 399 g/mol. The van der Waals surface area contributed by atoms with Gasteiger partial charge in [-0.2, -0.15) is 0 Å². The third kappa shape index (κ3) is 3.35. The molecule has 3 heterocycles. The Kier molecular flexibility index (Phi) is 5.26. The Hall–Kier alpha value is -2.54. The second kappa shape index (κ2) is 7.83. The first-order valence-corrected chi connectivity index (χ1v) is 10.4. The highest BCUT2D eigenvalue weighted by Gasteiger charge is 2.38. The molecule has 4 rings (SSSR count). The molecule has 0 saturated carbocycles. The minimum atomic E-state index is -0.525. The second-order valence-electron chi connectivity index (χ2n) is 6.88. The molecule has 0 amide bonds. The summed E-state index contributed by atoms with van der Waals surface area (Å²) in [5, 5.41) is 2.75. The van der Waals surface area contributed by atoms with Crippen LogP contribution in [-0.4, -0.2) is 34.8 Å². The van der Waals surface area contributed by atoms with Crippen LogP contribution in [0.3, 0.4) is 0 Å². The zero-order valence-corrected chi connectivity index (χ0v) is 16.8. The smallest absolute Gasteiger partial charge is 0.338 e. The Morgan fingerprint density at radius 2 is 2.25 bits per heavy atom. The lowest BCUT2D eigenvalue weighted by Gasteiger charge is -2.38. The molecular formula is C21H22FN3O2S.